The molecule has 0 aromatic carbocycles. The van der Waals surface area contributed by atoms with Crippen molar-refractivity contribution in [3.05, 3.63) is 0 Å². The number of aliphatic hydroxyl groups is 1. The molecular weight excluding hydrogens is 160 g/mol. The molecule has 0 heterocycles. The van der Waals surface area contributed by atoms with Crippen LogP contribution < -0.4 is 0 Å². The minimum absolute atomic E-state index is 0.0363. The monoisotopic (exact) mass is 180 g/mol. The molecule has 2 bridgehead atoms. The summed E-state index contributed by atoms with van der Waals surface area (Å²) in [5, 5.41) is 9.67. The molecule has 3 aliphatic carbocycles. The van der Waals surface area contributed by atoms with Gasteiger partial charge in [0.2, 0.25) is 0 Å². The first-order valence-corrected chi connectivity index (χ1v) is 5.76. The second-order valence-corrected chi connectivity index (χ2v) is 6.25. The third kappa shape index (κ3) is 0.971. The Kier molecular flexibility index (Phi) is 1.47. The summed E-state index contributed by atoms with van der Waals surface area (Å²) in [4.78, 5) is 0. The van der Waals surface area contributed by atoms with Crippen molar-refractivity contribution in [1.29, 1.82) is 0 Å². The van der Waals surface area contributed by atoms with E-state index in [9.17, 15) is 5.11 Å². The van der Waals surface area contributed by atoms with Crippen LogP contribution in [0.3, 0.4) is 0 Å². The van der Waals surface area contributed by atoms with Crippen LogP contribution in [0.25, 0.3) is 0 Å². The molecule has 0 aliphatic heterocycles. The number of hydrogen-bond donors (Lipinski definition) is 1. The van der Waals surface area contributed by atoms with Crippen LogP contribution in [-0.4, -0.2) is 11.2 Å². The fraction of sp³-hybridized carbons (Fsp3) is 1.00. The smallest absolute Gasteiger partial charge is 0.0546 e. The topological polar surface area (TPSA) is 20.2 Å². The van der Waals surface area contributed by atoms with Crippen molar-refractivity contribution in [3.8, 4) is 0 Å². The Hall–Kier alpha value is -0.0400. The number of hydrogen-bond acceptors (Lipinski definition) is 1. The van der Waals surface area contributed by atoms with Gasteiger partial charge >= 0.3 is 0 Å². The molecule has 1 N–H and O–H groups in total. The zero-order valence-electron chi connectivity index (χ0n) is 8.66. The van der Waals surface area contributed by atoms with Gasteiger partial charge in [0.1, 0.15) is 0 Å². The fourth-order valence-corrected chi connectivity index (χ4v) is 4.71. The molecule has 0 aromatic rings. The maximum absolute atomic E-state index is 9.67. The first-order chi connectivity index (χ1) is 6.08. The van der Waals surface area contributed by atoms with E-state index in [0.29, 0.717) is 5.41 Å². The lowest BCUT2D eigenvalue weighted by molar-refractivity contribution is 0.115. The molecule has 5 atom stereocenters. The summed E-state index contributed by atoms with van der Waals surface area (Å²) < 4.78 is 0. The van der Waals surface area contributed by atoms with E-state index in [1.165, 1.54) is 12.8 Å². The maximum Gasteiger partial charge on any atom is 0.0546 e. The van der Waals surface area contributed by atoms with Crippen LogP contribution >= 0.6 is 0 Å². The summed E-state index contributed by atoms with van der Waals surface area (Å²) in [6, 6.07) is 0. The highest BCUT2D eigenvalue weighted by molar-refractivity contribution is 5.07. The first-order valence-electron chi connectivity index (χ1n) is 5.76. The van der Waals surface area contributed by atoms with Crippen LogP contribution in [0.15, 0.2) is 0 Å². The molecule has 1 heteroatoms. The van der Waals surface area contributed by atoms with Crippen molar-refractivity contribution in [2.75, 3.05) is 0 Å². The SMILES string of the molecule is CC1(C)CC2CC1C1CC(O)CC21. The van der Waals surface area contributed by atoms with Crippen molar-refractivity contribution in [2.24, 2.45) is 29.1 Å². The standard InChI is InChI=1S/C12H20O/c1-12(2)6-7-3-11(12)10-5-8(13)4-9(7)10/h7-11,13H,3-6H2,1-2H3. The van der Waals surface area contributed by atoms with Crippen LogP contribution in [0.2, 0.25) is 0 Å². The molecule has 0 aromatic heterocycles. The summed E-state index contributed by atoms with van der Waals surface area (Å²) in [7, 11) is 0. The lowest BCUT2D eigenvalue weighted by atomic mass is 9.68. The average molecular weight is 180 g/mol. The first kappa shape index (κ1) is 8.28. The van der Waals surface area contributed by atoms with Gasteiger partial charge in [-0.05, 0) is 54.8 Å². The highest BCUT2D eigenvalue weighted by atomic mass is 16.3. The van der Waals surface area contributed by atoms with Crippen LogP contribution in [0, 0.1) is 29.1 Å². The Bertz CT molecular complexity index is 233. The molecule has 0 spiro atoms. The van der Waals surface area contributed by atoms with Gasteiger partial charge in [0, 0.05) is 0 Å². The highest BCUT2D eigenvalue weighted by Gasteiger charge is 2.58. The van der Waals surface area contributed by atoms with E-state index in [-0.39, 0.29) is 6.10 Å². The molecule has 0 radical (unpaired) electrons. The molecule has 0 saturated heterocycles. The predicted molar refractivity (Wildman–Crippen MR) is 52.2 cm³/mol. The largest absolute Gasteiger partial charge is 0.393 e. The second kappa shape index (κ2) is 2.31. The van der Waals surface area contributed by atoms with Crippen LogP contribution in [-0.2, 0) is 0 Å². The van der Waals surface area contributed by atoms with Gasteiger partial charge in [0.15, 0.2) is 0 Å². The zero-order valence-corrected chi connectivity index (χ0v) is 8.66. The van der Waals surface area contributed by atoms with E-state index in [1.807, 2.05) is 0 Å². The van der Waals surface area contributed by atoms with Crippen LogP contribution in [0.4, 0.5) is 0 Å². The molecule has 5 unspecified atom stereocenters. The number of fused-ring (bicyclic) bond motifs is 5. The lowest BCUT2D eigenvalue weighted by Gasteiger charge is -2.37. The van der Waals surface area contributed by atoms with E-state index in [1.54, 1.807) is 0 Å². The average Bonchev–Trinajstić information content (AvgIpc) is 2.55. The quantitative estimate of drug-likeness (QED) is 0.607. The minimum atomic E-state index is 0.0363. The van der Waals surface area contributed by atoms with Gasteiger partial charge in [0.25, 0.3) is 0 Å². The van der Waals surface area contributed by atoms with Crippen molar-refractivity contribution >= 4 is 0 Å². The Morgan fingerprint density at radius 3 is 2.54 bits per heavy atom. The molecule has 13 heavy (non-hydrogen) atoms. The van der Waals surface area contributed by atoms with Gasteiger partial charge in [-0.1, -0.05) is 13.8 Å². The van der Waals surface area contributed by atoms with Crippen molar-refractivity contribution in [3.63, 3.8) is 0 Å². The summed E-state index contributed by atoms with van der Waals surface area (Å²) in [5.41, 5.74) is 0.579. The normalized spacial score (nSPS) is 57.0. The number of aliphatic hydroxyl groups excluding tert-OH is 1. The van der Waals surface area contributed by atoms with Gasteiger partial charge in [0.05, 0.1) is 6.10 Å². The molecule has 3 rings (SSSR count). The Morgan fingerprint density at radius 2 is 1.77 bits per heavy atom. The van der Waals surface area contributed by atoms with E-state index < -0.39 is 0 Å². The molecule has 3 aliphatic rings. The van der Waals surface area contributed by atoms with Gasteiger partial charge in [-0.25, -0.2) is 0 Å². The van der Waals surface area contributed by atoms with Crippen LogP contribution in [0.5, 0.6) is 0 Å². The van der Waals surface area contributed by atoms with Crippen molar-refractivity contribution in [1.82, 2.24) is 0 Å². The Labute approximate surface area is 80.5 Å². The highest BCUT2D eigenvalue weighted by Crippen LogP contribution is 2.65. The molecule has 74 valence electrons. The van der Waals surface area contributed by atoms with Gasteiger partial charge in [-0.2, -0.15) is 0 Å². The second-order valence-electron chi connectivity index (χ2n) is 6.25. The Balaban J connectivity index is 1.89. The van der Waals surface area contributed by atoms with E-state index in [4.69, 9.17) is 0 Å². The van der Waals surface area contributed by atoms with E-state index in [0.717, 1.165) is 36.5 Å². The van der Waals surface area contributed by atoms with Gasteiger partial charge < -0.3 is 5.11 Å². The van der Waals surface area contributed by atoms with Crippen molar-refractivity contribution in [2.45, 2.75) is 45.6 Å². The summed E-state index contributed by atoms with van der Waals surface area (Å²) in [5.74, 6) is 3.67. The maximum atomic E-state index is 9.67. The zero-order chi connectivity index (χ0) is 9.22. The molecule has 1 nitrogen and oxygen atoms in total. The summed E-state index contributed by atoms with van der Waals surface area (Å²) in [6.07, 6.45) is 5.15. The Morgan fingerprint density at radius 1 is 1.08 bits per heavy atom. The van der Waals surface area contributed by atoms with Crippen LogP contribution in [0.1, 0.15) is 39.5 Å². The van der Waals surface area contributed by atoms with Gasteiger partial charge in [-0.15, -0.1) is 0 Å². The lowest BCUT2D eigenvalue weighted by Crippen LogP contribution is -2.30. The third-order valence-electron chi connectivity index (χ3n) is 5.11. The third-order valence-corrected chi connectivity index (χ3v) is 5.11. The molecule has 3 saturated carbocycles. The minimum Gasteiger partial charge on any atom is -0.393 e. The number of rotatable bonds is 0. The predicted octanol–water partition coefficient (Wildman–Crippen LogP) is 2.44. The molecule has 3 fully saturated rings. The van der Waals surface area contributed by atoms with Crippen molar-refractivity contribution < 1.29 is 5.11 Å². The van der Waals surface area contributed by atoms with Gasteiger partial charge in [-0.3, -0.25) is 0 Å². The van der Waals surface area contributed by atoms with E-state index in [2.05, 4.69) is 13.8 Å². The summed E-state index contributed by atoms with van der Waals surface area (Å²) >= 11 is 0. The molecular formula is C12H20O. The fourth-order valence-electron chi connectivity index (χ4n) is 4.71. The molecule has 0 amide bonds. The summed E-state index contributed by atoms with van der Waals surface area (Å²) in [6.45, 7) is 4.86. The van der Waals surface area contributed by atoms with E-state index >= 15 is 0 Å².